The minimum Gasteiger partial charge on any atom is -0.493 e. The number of ether oxygens (including phenoxy) is 4. The lowest BCUT2D eigenvalue weighted by Gasteiger charge is -2.32. The van der Waals surface area contributed by atoms with Crippen molar-refractivity contribution in [3.05, 3.63) is 113 Å². The van der Waals surface area contributed by atoms with Gasteiger partial charge in [0.15, 0.2) is 11.5 Å². The third kappa shape index (κ3) is 13.0. The molecule has 0 saturated carbocycles. The van der Waals surface area contributed by atoms with Gasteiger partial charge in [0.1, 0.15) is 11.6 Å². The molecule has 0 bridgehead atoms. The minimum atomic E-state index is 0.292. The highest BCUT2D eigenvalue weighted by atomic mass is 16.7. The van der Waals surface area contributed by atoms with Crippen molar-refractivity contribution in [3.8, 4) is 17.2 Å². The molecule has 266 valence electrons. The molecule has 8 heteroatoms. The Morgan fingerprint density at radius 3 is 2.20 bits per heavy atom. The molecule has 2 N–H and O–H groups in total. The van der Waals surface area contributed by atoms with E-state index in [1.165, 1.54) is 34.2 Å². The zero-order valence-electron chi connectivity index (χ0n) is 30.6. The number of methoxy groups -OCH3 is 1. The van der Waals surface area contributed by atoms with Crippen LogP contribution < -0.4 is 19.9 Å². The van der Waals surface area contributed by atoms with Crippen LogP contribution in [0.15, 0.2) is 95.6 Å². The molecular formula is C41H58N4O4. The van der Waals surface area contributed by atoms with Crippen molar-refractivity contribution >= 4 is 5.84 Å². The number of unbranched alkanes of at least 4 members (excludes halogenated alkanes) is 1. The van der Waals surface area contributed by atoms with E-state index >= 15 is 0 Å². The molecule has 0 saturated heterocycles. The van der Waals surface area contributed by atoms with Gasteiger partial charge in [0.25, 0.3) is 0 Å². The number of hydrogen-bond acceptors (Lipinski definition) is 8. The van der Waals surface area contributed by atoms with Crippen LogP contribution in [0.4, 0.5) is 0 Å². The van der Waals surface area contributed by atoms with Crippen molar-refractivity contribution in [2.24, 2.45) is 10.7 Å². The summed E-state index contributed by atoms with van der Waals surface area (Å²) in [4.78, 5) is 9.90. The van der Waals surface area contributed by atoms with Crippen LogP contribution in [0.1, 0.15) is 69.2 Å². The summed E-state index contributed by atoms with van der Waals surface area (Å²) in [5.41, 5.74) is 11.3. The van der Waals surface area contributed by atoms with Gasteiger partial charge in [0.05, 0.1) is 6.61 Å². The lowest BCUT2D eigenvalue weighted by Crippen LogP contribution is -2.38. The Kier molecular flexibility index (Phi) is 18.1. The molecule has 0 spiro atoms. The molecule has 3 aromatic rings. The first-order valence-electron chi connectivity index (χ1n) is 17.6. The summed E-state index contributed by atoms with van der Waals surface area (Å²) >= 11 is 0. The van der Waals surface area contributed by atoms with Gasteiger partial charge >= 0.3 is 0 Å². The Labute approximate surface area is 295 Å². The van der Waals surface area contributed by atoms with E-state index in [0.717, 1.165) is 81.7 Å². The molecule has 0 aliphatic carbocycles. The van der Waals surface area contributed by atoms with Gasteiger partial charge in [-0.05, 0) is 53.8 Å². The molecule has 3 aliphatic rings. The fourth-order valence-electron chi connectivity index (χ4n) is 5.52. The molecule has 8 nitrogen and oxygen atoms in total. The summed E-state index contributed by atoms with van der Waals surface area (Å²) in [7, 11) is 3.25. The summed E-state index contributed by atoms with van der Waals surface area (Å²) in [5.74, 6) is 3.75. The van der Waals surface area contributed by atoms with E-state index in [-0.39, 0.29) is 0 Å². The van der Waals surface area contributed by atoms with Crippen LogP contribution in [-0.4, -0.2) is 69.4 Å². The highest BCUT2D eigenvalue weighted by molar-refractivity contribution is 5.99. The van der Waals surface area contributed by atoms with Gasteiger partial charge in [-0.15, -0.1) is 0 Å². The Morgan fingerprint density at radius 1 is 0.878 bits per heavy atom. The van der Waals surface area contributed by atoms with Gasteiger partial charge in [-0.1, -0.05) is 94.3 Å². The maximum atomic E-state index is 5.86. The number of rotatable bonds is 11. The molecule has 0 amide bonds. The van der Waals surface area contributed by atoms with E-state index < -0.39 is 0 Å². The third-order valence-electron chi connectivity index (χ3n) is 7.68. The van der Waals surface area contributed by atoms with Crippen molar-refractivity contribution in [1.29, 1.82) is 0 Å². The molecule has 0 radical (unpaired) electrons. The van der Waals surface area contributed by atoms with Crippen LogP contribution in [0, 0.1) is 0 Å². The standard InChI is InChI=1S/C32H35N3O3.C4H9N.C3H8.C2H6O/c1-2-3-14-35-22-26(18-33-32(35)28-7-5-4-6-8-28)21-34(19-24-9-11-27-13-15-36-30(27)16-24)20-25-10-12-29-31(17-25)38-23-37-29;1-2-3-4-5;2*1-3-2/h4-12,16-18H,2-3,13-15,19-23H2,1H3;2-3H,4-5H2,1H3;3H2,1-2H3;1-2H3/b;3-2-;;. The second kappa shape index (κ2) is 22.5. The number of fused-ring (bicyclic) bond motifs is 2. The molecule has 3 aromatic carbocycles. The number of nitrogens with zero attached hydrogens (tertiary/aromatic N) is 3. The topological polar surface area (TPSA) is 81.8 Å². The van der Waals surface area contributed by atoms with Gasteiger partial charge in [-0.25, -0.2) is 4.99 Å². The van der Waals surface area contributed by atoms with E-state index in [9.17, 15) is 0 Å². The van der Waals surface area contributed by atoms with Crippen molar-refractivity contribution in [3.63, 3.8) is 0 Å². The molecule has 3 aliphatic heterocycles. The quantitative estimate of drug-likeness (QED) is 0.207. The average Bonchev–Trinajstić information content (AvgIpc) is 3.78. The maximum Gasteiger partial charge on any atom is 0.231 e. The molecule has 6 rings (SSSR count). The lowest BCUT2D eigenvalue weighted by atomic mass is 10.1. The fourth-order valence-corrected chi connectivity index (χ4v) is 5.52. The SMILES string of the molecule is C/C=C\CN.CCC.CCCCN1CC(CN(Cc2ccc3c(c2)OCC3)Cc2ccc3c(c2)OCO3)=CN=C1c1ccccc1.COC. The molecular weight excluding hydrogens is 612 g/mol. The molecule has 0 fully saturated rings. The van der Waals surface area contributed by atoms with Gasteiger partial charge < -0.3 is 29.6 Å². The third-order valence-corrected chi connectivity index (χ3v) is 7.68. The van der Waals surface area contributed by atoms with Crippen LogP contribution in [0.25, 0.3) is 0 Å². The zero-order valence-corrected chi connectivity index (χ0v) is 30.6. The lowest BCUT2D eigenvalue weighted by molar-refractivity contribution is 0.174. The van der Waals surface area contributed by atoms with Gasteiger partial charge in [-0.2, -0.15) is 0 Å². The van der Waals surface area contributed by atoms with E-state index in [1.54, 1.807) is 14.2 Å². The predicted molar refractivity (Wildman–Crippen MR) is 203 cm³/mol. The molecule has 0 aromatic heterocycles. The highest BCUT2D eigenvalue weighted by Crippen LogP contribution is 2.33. The van der Waals surface area contributed by atoms with Crippen LogP contribution in [0.2, 0.25) is 0 Å². The second-order valence-electron chi connectivity index (χ2n) is 12.2. The van der Waals surface area contributed by atoms with E-state index in [2.05, 4.69) is 102 Å². The molecule has 0 unspecified atom stereocenters. The normalized spacial score (nSPS) is 14.0. The minimum absolute atomic E-state index is 0.292. The number of allylic oxidation sites excluding steroid dienone is 1. The monoisotopic (exact) mass is 670 g/mol. The largest absolute Gasteiger partial charge is 0.493 e. The highest BCUT2D eigenvalue weighted by Gasteiger charge is 2.22. The van der Waals surface area contributed by atoms with Crippen LogP contribution in [0.3, 0.4) is 0 Å². The smallest absolute Gasteiger partial charge is 0.231 e. The number of hydrogen-bond donors (Lipinski definition) is 1. The first-order valence-corrected chi connectivity index (χ1v) is 17.6. The Hall–Kier alpha value is -4.11. The number of amidine groups is 1. The Balaban J connectivity index is 0.000000521. The molecule has 3 heterocycles. The first-order chi connectivity index (χ1) is 24.0. The Bertz CT molecular complexity index is 1410. The van der Waals surface area contributed by atoms with Crippen LogP contribution >= 0.6 is 0 Å². The summed E-state index contributed by atoms with van der Waals surface area (Å²) < 4.78 is 21.3. The predicted octanol–water partition coefficient (Wildman–Crippen LogP) is 8.00. The summed E-state index contributed by atoms with van der Waals surface area (Å²) in [5, 5.41) is 0. The molecule has 0 atom stereocenters. The van der Waals surface area contributed by atoms with Crippen molar-refractivity contribution in [1.82, 2.24) is 9.80 Å². The van der Waals surface area contributed by atoms with Crippen molar-refractivity contribution in [2.75, 3.05) is 53.8 Å². The van der Waals surface area contributed by atoms with E-state index in [1.807, 2.05) is 25.1 Å². The van der Waals surface area contributed by atoms with Gasteiger partial charge in [0, 0.05) is 71.7 Å². The summed E-state index contributed by atoms with van der Waals surface area (Å²) in [6.07, 6.45) is 10.5. The molecule has 49 heavy (non-hydrogen) atoms. The van der Waals surface area contributed by atoms with E-state index in [0.29, 0.717) is 13.3 Å². The second-order valence-corrected chi connectivity index (χ2v) is 12.2. The van der Waals surface area contributed by atoms with Gasteiger partial charge in [0.2, 0.25) is 6.79 Å². The fraction of sp³-hybridized carbons (Fsp3) is 0.439. The summed E-state index contributed by atoms with van der Waals surface area (Å²) in [6.45, 7) is 14.5. The number of benzene rings is 3. The van der Waals surface area contributed by atoms with Crippen molar-refractivity contribution in [2.45, 2.75) is 66.5 Å². The summed E-state index contributed by atoms with van der Waals surface area (Å²) in [6, 6.07) is 23.5. The average molecular weight is 671 g/mol. The van der Waals surface area contributed by atoms with Crippen LogP contribution in [-0.2, 0) is 24.2 Å². The number of aliphatic imine (C=N–C) groups is 1. The van der Waals surface area contributed by atoms with E-state index in [4.69, 9.17) is 24.9 Å². The zero-order chi connectivity index (χ0) is 35.3. The Morgan fingerprint density at radius 2 is 1.55 bits per heavy atom. The first kappa shape index (κ1) is 39.3. The maximum absolute atomic E-state index is 5.86. The van der Waals surface area contributed by atoms with Crippen molar-refractivity contribution < 1.29 is 18.9 Å². The number of nitrogens with two attached hydrogens (primary N) is 1. The van der Waals surface area contributed by atoms with Crippen LogP contribution in [0.5, 0.6) is 17.2 Å². The van der Waals surface area contributed by atoms with Gasteiger partial charge in [-0.3, -0.25) is 4.90 Å².